The fraction of sp³-hybridized carbons (Fsp3) is 0.0625. The van der Waals surface area contributed by atoms with Crippen LogP contribution in [-0.2, 0) is 11.3 Å². The summed E-state index contributed by atoms with van der Waals surface area (Å²) in [7, 11) is 0. The van der Waals surface area contributed by atoms with Gasteiger partial charge in [-0.2, -0.15) is 0 Å². The maximum absolute atomic E-state index is 12.1. The molecule has 12 heteroatoms. The third-order valence-corrected chi connectivity index (χ3v) is 3.73. The van der Waals surface area contributed by atoms with Gasteiger partial charge in [-0.1, -0.05) is 11.6 Å². The van der Waals surface area contributed by atoms with Crippen LogP contribution in [0.3, 0.4) is 0 Å². The van der Waals surface area contributed by atoms with Crippen LogP contribution in [0.2, 0.25) is 5.02 Å². The summed E-state index contributed by atoms with van der Waals surface area (Å²) >= 11 is 5.77. The van der Waals surface area contributed by atoms with E-state index in [-0.39, 0.29) is 28.1 Å². The van der Waals surface area contributed by atoms with Crippen molar-refractivity contribution in [3.63, 3.8) is 0 Å². The Kier molecular flexibility index (Phi) is 5.27. The minimum atomic E-state index is -0.982. The summed E-state index contributed by atoms with van der Waals surface area (Å²) in [6, 6.07) is 8.91. The van der Waals surface area contributed by atoms with Gasteiger partial charge in [0.2, 0.25) is 5.89 Å². The van der Waals surface area contributed by atoms with Crippen molar-refractivity contribution in [3.05, 3.63) is 79.2 Å². The van der Waals surface area contributed by atoms with Gasteiger partial charge in [0.15, 0.2) is 6.61 Å². The molecule has 2 aromatic carbocycles. The summed E-state index contributed by atoms with van der Waals surface area (Å²) in [5, 5.41) is 29.3. The molecule has 0 aliphatic carbocycles. The maximum atomic E-state index is 12.1. The molecule has 1 aromatic heterocycles. The normalized spacial score (nSPS) is 10.5. The minimum absolute atomic E-state index is 0.0635. The van der Waals surface area contributed by atoms with Crippen LogP contribution in [-0.4, -0.2) is 26.0 Å². The van der Waals surface area contributed by atoms with Crippen molar-refractivity contribution in [3.8, 4) is 11.5 Å². The van der Waals surface area contributed by atoms with Crippen molar-refractivity contribution in [1.29, 1.82) is 0 Å². The van der Waals surface area contributed by atoms with E-state index < -0.39 is 28.1 Å². The summed E-state index contributed by atoms with van der Waals surface area (Å²) in [5.74, 6) is -0.981. The highest BCUT2D eigenvalue weighted by atomic mass is 35.5. The zero-order chi connectivity index (χ0) is 20.3. The third kappa shape index (κ3) is 4.10. The van der Waals surface area contributed by atoms with E-state index in [0.717, 1.165) is 12.1 Å². The van der Waals surface area contributed by atoms with Gasteiger partial charge in [0.25, 0.3) is 17.3 Å². The second-order valence-electron chi connectivity index (χ2n) is 5.30. The predicted molar refractivity (Wildman–Crippen MR) is 93.6 cm³/mol. The van der Waals surface area contributed by atoms with E-state index in [0.29, 0.717) is 5.56 Å². The van der Waals surface area contributed by atoms with Crippen molar-refractivity contribution >= 4 is 28.9 Å². The fourth-order valence-electron chi connectivity index (χ4n) is 2.19. The number of nitro groups is 2. The van der Waals surface area contributed by atoms with Crippen molar-refractivity contribution in [2.45, 2.75) is 6.61 Å². The van der Waals surface area contributed by atoms with E-state index in [1.807, 2.05) is 0 Å². The molecule has 3 aromatic rings. The number of carbonyl (C=O) groups is 1. The maximum Gasteiger partial charge on any atom is 0.345 e. The van der Waals surface area contributed by atoms with E-state index >= 15 is 0 Å². The molecule has 1 heterocycles. The molecule has 142 valence electrons. The molecule has 0 bridgehead atoms. The van der Waals surface area contributed by atoms with Gasteiger partial charge in [0, 0.05) is 28.8 Å². The lowest BCUT2D eigenvalue weighted by molar-refractivity contribution is -0.385. The number of nitrogens with zero attached hydrogens (tertiary/aromatic N) is 4. The second kappa shape index (κ2) is 7.80. The van der Waals surface area contributed by atoms with Gasteiger partial charge in [-0.15, -0.1) is 10.2 Å². The topological polar surface area (TPSA) is 152 Å². The van der Waals surface area contributed by atoms with Crippen molar-refractivity contribution < 1.29 is 23.8 Å². The van der Waals surface area contributed by atoms with E-state index in [2.05, 4.69) is 10.2 Å². The molecule has 0 aliphatic rings. The highest BCUT2D eigenvalue weighted by Gasteiger charge is 2.22. The summed E-state index contributed by atoms with van der Waals surface area (Å²) in [5.41, 5.74) is -0.430. The lowest BCUT2D eigenvalue weighted by Gasteiger charge is -2.03. The van der Waals surface area contributed by atoms with Crippen LogP contribution in [0.4, 0.5) is 11.4 Å². The van der Waals surface area contributed by atoms with Gasteiger partial charge in [-0.05, 0) is 24.3 Å². The number of benzene rings is 2. The first-order valence-electron chi connectivity index (χ1n) is 7.53. The molecule has 28 heavy (non-hydrogen) atoms. The average molecular weight is 405 g/mol. The Morgan fingerprint density at radius 3 is 2.43 bits per heavy atom. The third-order valence-electron chi connectivity index (χ3n) is 3.49. The monoisotopic (exact) mass is 404 g/mol. The molecule has 0 amide bonds. The molecule has 0 aliphatic heterocycles. The number of carbonyl (C=O) groups excluding carboxylic acids is 1. The molecule has 0 N–H and O–H groups in total. The first kappa shape index (κ1) is 18.9. The zero-order valence-electron chi connectivity index (χ0n) is 13.8. The Morgan fingerprint density at radius 1 is 1.07 bits per heavy atom. The van der Waals surface area contributed by atoms with Crippen LogP contribution in [0.15, 0.2) is 46.9 Å². The first-order valence-corrected chi connectivity index (χ1v) is 7.91. The molecule has 0 saturated carbocycles. The summed E-state index contributed by atoms with van der Waals surface area (Å²) in [6.45, 7) is -0.428. The molecular weight excluding hydrogens is 396 g/mol. The number of hydrogen-bond donors (Lipinski definition) is 0. The lowest BCUT2D eigenvalue weighted by atomic mass is 10.2. The van der Waals surface area contributed by atoms with Gasteiger partial charge in [-0.3, -0.25) is 20.2 Å². The minimum Gasteiger partial charge on any atom is -0.452 e. The van der Waals surface area contributed by atoms with Crippen LogP contribution in [0.5, 0.6) is 0 Å². The number of hydrogen-bond acceptors (Lipinski definition) is 9. The van der Waals surface area contributed by atoms with Gasteiger partial charge in [0.1, 0.15) is 5.56 Å². The van der Waals surface area contributed by atoms with Gasteiger partial charge < -0.3 is 9.15 Å². The Labute approximate surface area is 160 Å². The smallest absolute Gasteiger partial charge is 0.345 e. The van der Waals surface area contributed by atoms with Crippen LogP contribution in [0, 0.1) is 20.2 Å². The number of esters is 1. The summed E-state index contributed by atoms with van der Waals surface area (Å²) < 4.78 is 10.3. The number of halogens is 1. The molecule has 0 unspecified atom stereocenters. The molecule has 11 nitrogen and oxygen atoms in total. The molecule has 0 saturated heterocycles. The van der Waals surface area contributed by atoms with Crippen LogP contribution < -0.4 is 0 Å². The SMILES string of the molecule is O=C(OCc1nnc(-c2ccc([N+](=O)[O-])cc2)o1)c1cc(Cl)ccc1[N+](=O)[O-]. The van der Waals surface area contributed by atoms with Crippen molar-refractivity contribution in [2.75, 3.05) is 0 Å². The molecule has 0 atom stereocenters. The fourth-order valence-corrected chi connectivity index (χ4v) is 2.36. The largest absolute Gasteiger partial charge is 0.452 e. The Hall–Kier alpha value is -3.86. The molecule has 3 rings (SSSR count). The predicted octanol–water partition coefficient (Wildman–Crippen LogP) is 3.56. The Bertz CT molecular complexity index is 1070. The number of non-ortho nitro benzene ring substituents is 1. The summed E-state index contributed by atoms with van der Waals surface area (Å²) in [6.07, 6.45) is 0. The van der Waals surface area contributed by atoms with E-state index in [1.165, 1.54) is 30.3 Å². The zero-order valence-corrected chi connectivity index (χ0v) is 14.5. The number of ether oxygens (including phenoxy) is 1. The van der Waals surface area contributed by atoms with E-state index in [1.54, 1.807) is 0 Å². The highest BCUT2D eigenvalue weighted by Crippen LogP contribution is 2.24. The highest BCUT2D eigenvalue weighted by molar-refractivity contribution is 6.31. The molecule has 0 radical (unpaired) electrons. The van der Waals surface area contributed by atoms with Gasteiger partial charge in [-0.25, -0.2) is 4.79 Å². The van der Waals surface area contributed by atoms with E-state index in [4.69, 9.17) is 20.8 Å². The standard InChI is InChI=1S/C16H9ClN4O7/c17-10-3-6-13(21(25)26)12(7-10)16(22)27-8-14-18-19-15(28-14)9-1-4-11(5-2-9)20(23)24/h1-7H,8H2. The number of nitro benzene ring substituents is 2. The quantitative estimate of drug-likeness (QED) is 0.341. The van der Waals surface area contributed by atoms with Crippen molar-refractivity contribution in [1.82, 2.24) is 10.2 Å². The lowest BCUT2D eigenvalue weighted by Crippen LogP contribution is -2.08. The second-order valence-corrected chi connectivity index (χ2v) is 5.74. The summed E-state index contributed by atoms with van der Waals surface area (Å²) in [4.78, 5) is 32.5. The molecular formula is C16H9ClN4O7. The van der Waals surface area contributed by atoms with E-state index in [9.17, 15) is 25.0 Å². The first-order chi connectivity index (χ1) is 13.3. The Balaban J connectivity index is 1.71. The van der Waals surface area contributed by atoms with Crippen LogP contribution >= 0.6 is 11.6 Å². The van der Waals surface area contributed by atoms with Gasteiger partial charge in [0.05, 0.1) is 9.85 Å². The van der Waals surface area contributed by atoms with Gasteiger partial charge >= 0.3 is 5.97 Å². The van der Waals surface area contributed by atoms with Crippen LogP contribution in [0.25, 0.3) is 11.5 Å². The number of rotatable bonds is 6. The average Bonchev–Trinajstić information content (AvgIpc) is 3.15. The number of aromatic nitrogens is 2. The Morgan fingerprint density at radius 2 is 1.79 bits per heavy atom. The van der Waals surface area contributed by atoms with Crippen molar-refractivity contribution in [2.24, 2.45) is 0 Å². The molecule has 0 fully saturated rings. The molecule has 0 spiro atoms. The van der Waals surface area contributed by atoms with Crippen LogP contribution in [0.1, 0.15) is 16.2 Å².